The topological polar surface area (TPSA) is 59.8 Å². The summed E-state index contributed by atoms with van der Waals surface area (Å²) in [7, 11) is 1.80. The Hall–Kier alpha value is -3.16. The number of amides is 1. The number of hydrogen-bond donors (Lipinski definition) is 1. The summed E-state index contributed by atoms with van der Waals surface area (Å²) in [5.74, 6) is 0.235. The summed E-state index contributed by atoms with van der Waals surface area (Å²) < 4.78 is 40.0. The van der Waals surface area contributed by atoms with Gasteiger partial charge in [0.1, 0.15) is 6.33 Å². The standard InChI is InChI=1S/C18H15F3N4O/c1-25-11-22-24-17(25)13-5-3-7-15(10-13)23-16(26)9-12-4-2-6-14(8-12)18(19,20)21/h2-8,10-11H,9H2,1H3,(H,23,26). The van der Waals surface area contributed by atoms with Crippen molar-refractivity contribution in [1.29, 1.82) is 0 Å². The van der Waals surface area contributed by atoms with Gasteiger partial charge in [-0.25, -0.2) is 0 Å². The molecule has 0 bridgehead atoms. The maximum Gasteiger partial charge on any atom is 0.416 e. The summed E-state index contributed by atoms with van der Waals surface area (Å²) in [6.07, 6.45) is -3.02. The molecule has 0 radical (unpaired) electrons. The van der Waals surface area contributed by atoms with Crippen LogP contribution in [0.25, 0.3) is 11.4 Å². The molecule has 0 aliphatic carbocycles. The number of benzene rings is 2. The van der Waals surface area contributed by atoms with E-state index in [-0.39, 0.29) is 6.42 Å². The Morgan fingerprint density at radius 1 is 1.15 bits per heavy atom. The third-order valence-corrected chi connectivity index (χ3v) is 3.73. The van der Waals surface area contributed by atoms with Gasteiger partial charge in [0.25, 0.3) is 0 Å². The van der Waals surface area contributed by atoms with E-state index in [1.54, 1.807) is 36.1 Å². The highest BCUT2D eigenvalue weighted by Gasteiger charge is 2.30. The van der Waals surface area contributed by atoms with E-state index in [1.165, 1.54) is 12.1 Å². The quantitative estimate of drug-likeness (QED) is 0.772. The van der Waals surface area contributed by atoms with E-state index in [0.717, 1.165) is 17.7 Å². The highest BCUT2D eigenvalue weighted by Crippen LogP contribution is 2.29. The number of carbonyl (C=O) groups is 1. The summed E-state index contributed by atoms with van der Waals surface area (Å²) in [4.78, 5) is 12.2. The second-order valence-corrected chi connectivity index (χ2v) is 5.77. The van der Waals surface area contributed by atoms with Crippen molar-refractivity contribution in [1.82, 2.24) is 14.8 Å². The van der Waals surface area contributed by atoms with Crippen molar-refractivity contribution in [3.63, 3.8) is 0 Å². The Bertz CT molecular complexity index is 934. The first-order chi connectivity index (χ1) is 12.3. The third-order valence-electron chi connectivity index (χ3n) is 3.73. The monoisotopic (exact) mass is 360 g/mol. The predicted molar refractivity (Wildman–Crippen MR) is 90.2 cm³/mol. The molecule has 1 aromatic heterocycles. The van der Waals surface area contributed by atoms with E-state index < -0.39 is 17.6 Å². The summed E-state index contributed by atoms with van der Waals surface area (Å²) >= 11 is 0. The molecular weight excluding hydrogens is 345 g/mol. The van der Waals surface area contributed by atoms with Gasteiger partial charge in [-0.2, -0.15) is 13.2 Å². The zero-order valence-electron chi connectivity index (χ0n) is 13.8. The van der Waals surface area contributed by atoms with Gasteiger partial charge in [-0.15, -0.1) is 10.2 Å². The Morgan fingerprint density at radius 2 is 1.92 bits per heavy atom. The second kappa shape index (κ2) is 6.99. The van der Waals surface area contributed by atoms with E-state index >= 15 is 0 Å². The zero-order valence-corrected chi connectivity index (χ0v) is 13.8. The molecule has 0 fully saturated rings. The molecule has 0 aliphatic rings. The number of nitrogens with one attached hydrogen (secondary N) is 1. The lowest BCUT2D eigenvalue weighted by molar-refractivity contribution is -0.137. The lowest BCUT2D eigenvalue weighted by Gasteiger charge is -2.10. The summed E-state index contributed by atoms with van der Waals surface area (Å²) in [6, 6.07) is 11.8. The van der Waals surface area contributed by atoms with Gasteiger partial charge in [0.2, 0.25) is 5.91 Å². The van der Waals surface area contributed by atoms with Crippen LogP contribution in [0, 0.1) is 0 Å². The largest absolute Gasteiger partial charge is 0.416 e. The van der Waals surface area contributed by atoms with Gasteiger partial charge in [0.05, 0.1) is 12.0 Å². The maximum atomic E-state index is 12.8. The van der Waals surface area contributed by atoms with Crippen molar-refractivity contribution < 1.29 is 18.0 Å². The first-order valence-corrected chi connectivity index (χ1v) is 7.73. The number of aromatic nitrogens is 3. The molecule has 2 aromatic carbocycles. The summed E-state index contributed by atoms with van der Waals surface area (Å²) in [6.45, 7) is 0. The normalized spacial score (nSPS) is 11.4. The molecule has 8 heteroatoms. The molecule has 0 unspecified atom stereocenters. The minimum atomic E-state index is -4.43. The van der Waals surface area contributed by atoms with Gasteiger partial charge >= 0.3 is 6.18 Å². The minimum Gasteiger partial charge on any atom is -0.326 e. The molecule has 0 spiro atoms. The van der Waals surface area contributed by atoms with Crippen molar-refractivity contribution in [2.75, 3.05) is 5.32 Å². The fraction of sp³-hybridized carbons (Fsp3) is 0.167. The highest BCUT2D eigenvalue weighted by molar-refractivity contribution is 5.92. The average molecular weight is 360 g/mol. The molecule has 0 saturated heterocycles. The van der Waals surface area contributed by atoms with Crippen molar-refractivity contribution in [2.45, 2.75) is 12.6 Å². The molecule has 134 valence electrons. The Balaban J connectivity index is 1.72. The number of aryl methyl sites for hydroxylation is 1. The third kappa shape index (κ3) is 4.08. The van der Waals surface area contributed by atoms with Crippen molar-refractivity contribution >= 4 is 11.6 Å². The van der Waals surface area contributed by atoms with Crippen LogP contribution in [-0.4, -0.2) is 20.7 Å². The molecule has 3 aromatic rings. The smallest absolute Gasteiger partial charge is 0.326 e. The van der Waals surface area contributed by atoms with Gasteiger partial charge in [0.15, 0.2) is 5.82 Å². The first kappa shape index (κ1) is 17.7. The van der Waals surface area contributed by atoms with Gasteiger partial charge < -0.3 is 9.88 Å². The predicted octanol–water partition coefficient (Wildman–Crippen LogP) is 3.68. The van der Waals surface area contributed by atoms with E-state index in [2.05, 4.69) is 15.5 Å². The van der Waals surface area contributed by atoms with Crippen LogP contribution in [0.1, 0.15) is 11.1 Å². The summed E-state index contributed by atoms with van der Waals surface area (Å²) in [5.41, 5.74) is 0.818. The van der Waals surface area contributed by atoms with Gasteiger partial charge in [0, 0.05) is 18.3 Å². The molecule has 1 heterocycles. The highest BCUT2D eigenvalue weighted by atomic mass is 19.4. The number of hydrogen-bond acceptors (Lipinski definition) is 3. The van der Waals surface area contributed by atoms with Gasteiger partial charge in [-0.3, -0.25) is 4.79 Å². The van der Waals surface area contributed by atoms with E-state index in [4.69, 9.17) is 0 Å². The fourth-order valence-electron chi connectivity index (χ4n) is 2.53. The van der Waals surface area contributed by atoms with Crippen LogP contribution in [-0.2, 0) is 24.4 Å². The molecule has 1 amide bonds. The molecule has 0 saturated carbocycles. The molecule has 1 N–H and O–H groups in total. The van der Waals surface area contributed by atoms with Crippen LogP contribution < -0.4 is 5.32 Å². The number of alkyl halides is 3. The van der Waals surface area contributed by atoms with Crippen LogP contribution in [0.2, 0.25) is 0 Å². The fourth-order valence-corrected chi connectivity index (χ4v) is 2.53. The molecular formula is C18H15F3N4O. The molecule has 0 atom stereocenters. The Kier molecular flexibility index (Phi) is 4.75. The number of nitrogens with zero attached hydrogens (tertiary/aromatic N) is 3. The molecule has 0 aliphatic heterocycles. The SMILES string of the molecule is Cn1cnnc1-c1cccc(NC(=O)Cc2cccc(C(F)(F)F)c2)c1. The van der Waals surface area contributed by atoms with Crippen LogP contribution >= 0.6 is 0 Å². The molecule has 3 rings (SSSR count). The van der Waals surface area contributed by atoms with E-state index in [0.29, 0.717) is 17.1 Å². The van der Waals surface area contributed by atoms with Crippen molar-refractivity contribution in [3.05, 3.63) is 66.0 Å². The van der Waals surface area contributed by atoms with Crippen molar-refractivity contribution in [2.24, 2.45) is 7.05 Å². The number of rotatable bonds is 4. The number of halogens is 3. The number of anilines is 1. The van der Waals surface area contributed by atoms with Crippen LogP contribution in [0.5, 0.6) is 0 Å². The van der Waals surface area contributed by atoms with Crippen LogP contribution in [0.4, 0.5) is 18.9 Å². The minimum absolute atomic E-state index is 0.155. The van der Waals surface area contributed by atoms with Crippen LogP contribution in [0.15, 0.2) is 54.9 Å². The first-order valence-electron chi connectivity index (χ1n) is 7.73. The lowest BCUT2D eigenvalue weighted by atomic mass is 10.1. The molecule has 26 heavy (non-hydrogen) atoms. The van der Waals surface area contributed by atoms with Gasteiger partial charge in [-0.05, 0) is 23.8 Å². The molecule has 5 nitrogen and oxygen atoms in total. The van der Waals surface area contributed by atoms with Gasteiger partial charge in [-0.1, -0.05) is 30.3 Å². The maximum absolute atomic E-state index is 12.8. The van der Waals surface area contributed by atoms with E-state index in [1.807, 2.05) is 6.07 Å². The van der Waals surface area contributed by atoms with Crippen LogP contribution in [0.3, 0.4) is 0 Å². The van der Waals surface area contributed by atoms with Crippen molar-refractivity contribution in [3.8, 4) is 11.4 Å². The Labute approximate surface area is 147 Å². The second-order valence-electron chi connectivity index (χ2n) is 5.77. The lowest BCUT2D eigenvalue weighted by Crippen LogP contribution is -2.15. The summed E-state index contributed by atoms with van der Waals surface area (Å²) in [5, 5.41) is 10.5. The number of carbonyl (C=O) groups excluding carboxylic acids is 1. The Morgan fingerprint density at radius 3 is 2.62 bits per heavy atom. The van der Waals surface area contributed by atoms with E-state index in [9.17, 15) is 18.0 Å². The zero-order chi connectivity index (χ0) is 18.7. The average Bonchev–Trinajstić information content (AvgIpc) is 3.00.